The summed E-state index contributed by atoms with van der Waals surface area (Å²) in [5.41, 5.74) is 0.590. The van der Waals surface area contributed by atoms with E-state index in [1.54, 1.807) is 17.0 Å². The zero-order valence-corrected chi connectivity index (χ0v) is 11.3. The number of hydrogen-bond acceptors (Lipinski definition) is 5. The molecule has 0 unspecified atom stereocenters. The Morgan fingerprint density at radius 2 is 1.68 bits per heavy atom. The molecular formula is C12H13ClN2O4. The summed E-state index contributed by atoms with van der Waals surface area (Å²) in [7, 11) is 2.99. The van der Waals surface area contributed by atoms with Gasteiger partial charge >= 0.3 is 0 Å². The predicted octanol–water partition coefficient (Wildman–Crippen LogP) is 0.820. The van der Waals surface area contributed by atoms with Crippen LogP contribution in [-0.4, -0.2) is 39.1 Å². The lowest BCUT2D eigenvalue weighted by Crippen LogP contribution is -2.51. The largest absolute Gasteiger partial charge is 0.495 e. The highest BCUT2D eigenvalue weighted by molar-refractivity contribution is 6.32. The number of anilines is 1. The normalized spacial score (nSPS) is 15.2. The summed E-state index contributed by atoms with van der Waals surface area (Å²) < 4.78 is 10.4. The lowest BCUT2D eigenvalue weighted by Gasteiger charge is -2.29. The maximum absolute atomic E-state index is 11.4. The lowest BCUT2D eigenvalue weighted by atomic mass is 10.2. The molecule has 0 radical (unpaired) electrons. The number of amides is 2. The molecule has 1 fully saturated rings. The van der Waals surface area contributed by atoms with Crippen molar-refractivity contribution in [1.29, 1.82) is 0 Å². The number of imide groups is 1. The van der Waals surface area contributed by atoms with Gasteiger partial charge in [0.15, 0.2) is 0 Å². The molecule has 1 heterocycles. The first kappa shape index (κ1) is 13.5. The molecule has 2 amide bonds. The van der Waals surface area contributed by atoms with Gasteiger partial charge in [-0.25, -0.2) is 0 Å². The van der Waals surface area contributed by atoms with Crippen LogP contribution in [0.15, 0.2) is 12.1 Å². The zero-order valence-electron chi connectivity index (χ0n) is 10.5. The van der Waals surface area contributed by atoms with Crippen LogP contribution in [0.1, 0.15) is 0 Å². The monoisotopic (exact) mass is 284 g/mol. The Hall–Kier alpha value is -1.95. The third-order valence-corrected chi connectivity index (χ3v) is 3.04. The van der Waals surface area contributed by atoms with Gasteiger partial charge in [0.1, 0.15) is 11.5 Å². The molecule has 0 spiro atoms. The van der Waals surface area contributed by atoms with E-state index >= 15 is 0 Å². The van der Waals surface area contributed by atoms with E-state index in [1.807, 2.05) is 0 Å². The highest BCUT2D eigenvalue weighted by Gasteiger charge is 2.25. The topological polar surface area (TPSA) is 67.9 Å². The molecule has 2 rings (SSSR count). The SMILES string of the molecule is COc1cc(N2CC(=O)NC(=O)C2)c(OC)cc1Cl. The second-order valence-electron chi connectivity index (χ2n) is 3.99. The molecule has 0 aliphatic carbocycles. The molecule has 1 saturated heterocycles. The van der Waals surface area contributed by atoms with E-state index < -0.39 is 0 Å². The molecule has 6 nitrogen and oxygen atoms in total. The number of benzene rings is 1. The summed E-state index contributed by atoms with van der Waals surface area (Å²) in [5, 5.41) is 2.64. The third-order valence-electron chi connectivity index (χ3n) is 2.74. The third kappa shape index (κ3) is 2.73. The standard InChI is InChI=1S/C12H13ClN2O4/c1-18-9-4-8(10(19-2)3-7(9)13)15-5-11(16)14-12(17)6-15/h3-4H,5-6H2,1-2H3,(H,14,16,17). The Labute approximate surface area is 115 Å². The highest BCUT2D eigenvalue weighted by atomic mass is 35.5. The van der Waals surface area contributed by atoms with Gasteiger partial charge in [0.05, 0.1) is 38.0 Å². The average molecular weight is 285 g/mol. The van der Waals surface area contributed by atoms with Gasteiger partial charge in [-0.15, -0.1) is 0 Å². The molecule has 0 saturated carbocycles. The number of nitrogens with one attached hydrogen (secondary N) is 1. The minimum Gasteiger partial charge on any atom is -0.495 e. The van der Waals surface area contributed by atoms with Gasteiger partial charge in [-0.2, -0.15) is 0 Å². The van der Waals surface area contributed by atoms with E-state index in [0.29, 0.717) is 22.2 Å². The van der Waals surface area contributed by atoms with Crippen LogP contribution in [0.25, 0.3) is 0 Å². The van der Waals surface area contributed by atoms with E-state index in [1.165, 1.54) is 14.2 Å². The van der Waals surface area contributed by atoms with Crippen molar-refractivity contribution in [2.24, 2.45) is 0 Å². The predicted molar refractivity (Wildman–Crippen MR) is 69.9 cm³/mol. The van der Waals surface area contributed by atoms with Gasteiger partial charge in [-0.3, -0.25) is 14.9 Å². The first-order valence-electron chi connectivity index (χ1n) is 5.54. The Morgan fingerprint density at radius 1 is 1.11 bits per heavy atom. The van der Waals surface area contributed by atoms with E-state index in [0.717, 1.165) is 0 Å². The van der Waals surface area contributed by atoms with Crippen molar-refractivity contribution < 1.29 is 19.1 Å². The summed E-state index contributed by atoms with van der Waals surface area (Å²) in [5.74, 6) is 0.226. The quantitative estimate of drug-likeness (QED) is 0.833. The number of ether oxygens (including phenoxy) is 2. The molecule has 1 aromatic carbocycles. The van der Waals surface area contributed by atoms with Crippen molar-refractivity contribution in [2.75, 3.05) is 32.2 Å². The maximum Gasteiger partial charge on any atom is 0.246 e. The molecule has 1 N–H and O–H groups in total. The van der Waals surface area contributed by atoms with Crippen molar-refractivity contribution in [2.45, 2.75) is 0 Å². The second-order valence-corrected chi connectivity index (χ2v) is 4.39. The van der Waals surface area contributed by atoms with Crippen LogP contribution in [0.3, 0.4) is 0 Å². The molecule has 1 aromatic rings. The minimum absolute atomic E-state index is 0.0763. The fraction of sp³-hybridized carbons (Fsp3) is 0.333. The summed E-state index contributed by atoms with van der Waals surface area (Å²) in [6, 6.07) is 3.24. The van der Waals surface area contributed by atoms with E-state index in [2.05, 4.69) is 5.32 Å². The maximum atomic E-state index is 11.4. The molecule has 19 heavy (non-hydrogen) atoms. The van der Waals surface area contributed by atoms with E-state index in [4.69, 9.17) is 21.1 Å². The van der Waals surface area contributed by atoms with E-state index in [9.17, 15) is 9.59 Å². The number of piperazine rings is 1. The van der Waals surface area contributed by atoms with Crippen LogP contribution >= 0.6 is 11.6 Å². The van der Waals surface area contributed by atoms with Crippen LogP contribution in [0, 0.1) is 0 Å². The van der Waals surface area contributed by atoms with Crippen molar-refractivity contribution in [3.05, 3.63) is 17.2 Å². The van der Waals surface area contributed by atoms with Crippen LogP contribution < -0.4 is 19.7 Å². The number of carbonyl (C=O) groups is 2. The zero-order chi connectivity index (χ0) is 14.0. The van der Waals surface area contributed by atoms with E-state index in [-0.39, 0.29) is 24.9 Å². The minimum atomic E-state index is -0.354. The number of carbonyl (C=O) groups excluding carboxylic acids is 2. The summed E-state index contributed by atoms with van der Waals surface area (Å²) in [6.07, 6.45) is 0. The van der Waals surface area contributed by atoms with Crippen LogP contribution in [0.5, 0.6) is 11.5 Å². The fourth-order valence-electron chi connectivity index (χ4n) is 1.90. The Balaban J connectivity index is 2.42. The van der Waals surface area contributed by atoms with Crippen LogP contribution in [-0.2, 0) is 9.59 Å². The molecule has 102 valence electrons. The summed E-state index contributed by atoms with van der Waals surface area (Å²) in [6.45, 7) is 0.153. The van der Waals surface area contributed by atoms with Crippen molar-refractivity contribution in [3.8, 4) is 11.5 Å². The molecule has 0 bridgehead atoms. The molecule has 1 aliphatic rings. The van der Waals surface area contributed by atoms with Gasteiger partial charge < -0.3 is 14.4 Å². The lowest BCUT2D eigenvalue weighted by molar-refractivity contribution is -0.130. The Morgan fingerprint density at radius 3 is 2.21 bits per heavy atom. The molecule has 1 aliphatic heterocycles. The van der Waals surface area contributed by atoms with Gasteiger partial charge in [0.25, 0.3) is 0 Å². The number of hydrogen-bond donors (Lipinski definition) is 1. The highest BCUT2D eigenvalue weighted by Crippen LogP contribution is 2.38. The Kier molecular flexibility index (Phi) is 3.80. The van der Waals surface area contributed by atoms with Crippen LogP contribution in [0.4, 0.5) is 5.69 Å². The number of halogens is 1. The second kappa shape index (κ2) is 5.36. The Bertz CT molecular complexity index is 517. The molecule has 0 aromatic heterocycles. The average Bonchev–Trinajstić information content (AvgIpc) is 2.37. The first-order chi connectivity index (χ1) is 9.05. The van der Waals surface area contributed by atoms with Gasteiger partial charge in [-0.05, 0) is 0 Å². The van der Waals surface area contributed by atoms with Crippen molar-refractivity contribution in [3.63, 3.8) is 0 Å². The smallest absolute Gasteiger partial charge is 0.246 e. The molecule has 0 atom stereocenters. The molecular weight excluding hydrogens is 272 g/mol. The fourth-order valence-corrected chi connectivity index (χ4v) is 2.13. The summed E-state index contributed by atoms with van der Waals surface area (Å²) in [4.78, 5) is 24.4. The van der Waals surface area contributed by atoms with Gasteiger partial charge in [0.2, 0.25) is 11.8 Å². The van der Waals surface area contributed by atoms with Crippen LogP contribution in [0.2, 0.25) is 5.02 Å². The molecule has 7 heteroatoms. The van der Waals surface area contributed by atoms with Gasteiger partial charge in [0, 0.05) is 12.1 Å². The number of methoxy groups -OCH3 is 2. The van der Waals surface area contributed by atoms with Crippen molar-refractivity contribution >= 4 is 29.1 Å². The van der Waals surface area contributed by atoms with Crippen molar-refractivity contribution in [1.82, 2.24) is 5.32 Å². The summed E-state index contributed by atoms with van der Waals surface area (Å²) >= 11 is 6.01. The number of rotatable bonds is 3. The first-order valence-corrected chi connectivity index (χ1v) is 5.92. The van der Waals surface area contributed by atoms with Gasteiger partial charge in [-0.1, -0.05) is 11.6 Å². The number of nitrogens with zero attached hydrogens (tertiary/aromatic N) is 1.